The summed E-state index contributed by atoms with van der Waals surface area (Å²) >= 11 is 0. The second-order valence-electron chi connectivity index (χ2n) is 3.49. The maximum absolute atomic E-state index is 12.9. The SMILES string of the molecule is O=C(C=Cc1cccnc1)c1cccc(F)c1. The van der Waals surface area contributed by atoms with Crippen LogP contribution in [0.1, 0.15) is 15.9 Å². The zero-order chi connectivity index (χ0) is 12.1. The Bertz CT molecular complexity index is 549. The number of rotatable bonds is 3. The lowest BCUT2D eigenvalue weighted by molar-refractivity contribution is 0.104. The largest absolute Gasteiger partial charge is 0.289 e. The van der Waals surface area contributed by atoms with Crippen molar-refractivity contribution in [2.45, 2.75) is 0 Å². The minimum Gasteiger partial charge on any atom is -0.289 e. The van der Waals surface area contributed by atoms with Crippen molar-refractivity contribution >= 4 is 11.9 Å². The fourth-order valence-electron chi connectivity index (χ4n) is 1.38. The van der Waals surface area contributed by atoms with Gasteiger partial charge in [0.15, 0.2) is 5.78 Å². The first-order valence-corrected chi connectivity index (χ1v) is 5.14. The molecule has 0 aliphatic carbocycles. The summed E-state index contributed by atoms with van der Waals surface area (Å²) in [4.78, 5) is 15.6. The quantitative estimate of drug-likeness (QED) is 0.595. The second kappa shape index (κ2) is 5.16. The molecule has 84 valence electrons. The molecular weight excluding hydrogens is 217 g/mol. The smallest absolute Gasteiger partial charge is 0.185 e. The maximum Gasteiger partial charge on any atom is 0.185 e. The highest BCUT2D eigenvalue weighted by Crippen LogP contribution is 2.07. The number of carbonyl (C=O) groups is 1. The van der Waals surface area contributed by atoms with Gasteiger partial charge in [0.25, 0.3) is 0 Å². The molecule has 0 spiro atoms. The zero-order valence-corrected chi connectivity index (χ0v) is 9.01. The van der Waals surface area contributed by atoms with Gasteiger partial charge in [0.1, 0.15) is 5.82 Å². The number of nitrogens with zero attached hydrogens (tertiary/aromatic N) is 1. The second-order valence-corrected chi connectivity index (χ2v) is 3.49. The lowest BCUT2D eigenvalue weighted by atomic mass is 10.1. The number of aromatic nitrogens is 1. The monoisotopic (exact) mass is 227 g/mol. The van der Waals surface area contributed by atoms with Crippen LogP contribution in [0.4, 0.5) is 4.39 Å². The summed E-state index contributed by atoms with van der Waals surface area (Å²) in [5.74, 6) is -0.640. The Hall–Kier alpha value is -2.29. The van der Waals surface area contributed by atoms with Gasteiger partial charge in [-0.2, -0.15) is 0 Å². The fraction of sp³-hybridized carbons (Fsp3) is 0. The summed E-state index contributed by atoms with van der Waals surface area (Å²) in [5, 5.41) is 0. The van der Waals surface area contributed by atoms with Crippen LogP contribution < -0.4 is 0 Å². The molecule has 0 aliphatic heterocycles. The van der Waals surface area contributed by atoms with E-state index in [1.54, 1.807) is 30.6 Å². The summed E-state index contributed by atoms with van der Waals surface area (Å²) in [5.41, 5.74) is 1.17. The van der Waals surface area contributed by atoms with Gasteiger partial charge in [-0.15, -0.1) is 0 Å². The van der Waals surface area contributed by atoms with Crippen LogP contribution in [0.25, 0.3) is 6.08 Å². The highest BCUT2D eigenvalue weighted by atomic mass is 19.1. The molecule has 0 amide bonds. The van der Waals surface area contributed by atoms with Crippen LogP contribution in [-0.4, -0.2) is 10.8 Å². The number of pyridine rings is 1. The summed E-state index contributed by atoms with van der Waals surface area (Å²) in [6, 6.07) is 9.24. The van der Waals surface area contributed by atoms with Crippen LogP contribution in [0.5, 0.6) is 0 Å². The molecule has 17 heavy (non-hydrogen) atoms. The molecule has 3 heteroatoms. The Morgan fingerprint density at radius 1 is 1.24 bits per heavy atom. The Labute approximate surface area is 98.4 Å². The van der Waals surface area contributed by atoms with E-state index in [-0.39, 0.29) is 5.78 Å². The van der Waals surface area contributed by atoms with Crippen LogP contribution in [0.3, 0.4) is 0 Å². The van der Waals surface area contributed by atoms with Crippen LogP contribution in [-0.2, 0) is 0 Å². The lowest BCUT2D eigenvalue weighted by Crippen LogP contribution is -1.94. The summed E-state index contributed by atoms with van der Waals surface area (Å²) in [7, 11) is 0. The fourth-order valence-corrected chi connectivity index (χ4v) is 1.38. The van der Waals surface area contributed by atoms with E-state index in [4.69, 9.17) is 0 Å². The molecular formula is C14H10FNO. The van der Waals surface area contributed by atoms with Crippen molar-refractivity contribution in [3.8, 4) is 0 Å². The van der Waals surface area contributed by atoms with Crippen molar-refractivity contribution in [1.29, 1.82) is 0 Å². The number of benzene rings is 1. The van der Waals surface area contributed by atoms with Gasteiger partial charge in [0, 0.05) is 18.0 Å². The minimum atomic E-state index is -0.411. The van der Waals surface area contributed by atoms with Crippen LogP contribution >= 0.6 is 0 Å². The summed E-state index contributed by atoms with van der Waals surface area (Å²) in [6.07, 6.45) is 6.37. The van der Waals surface area contributed by atoms with E-state index in [2.05, 4.69) is 4.98 Å². The first kappa shape index (κ1) is 11.2. The normalized spacial score (nSPS) is 10.6. The third kappa shape index (κ3) is 3.08. The standard InChI is InChI=1S/C14H10FNO/c15-13-5-1-4-12(9-13)14(17)7-6-11-3-2-8-16-10-11/h1-10H. The van der Waals surface area contributed by atoms with Gasteiger partial charge in [0.2, 0.25) is 0 Å². The lowest BCUT2D eigenvalue weighted by Gasteiger charge is -1.95. The molecule has 2 nitrogen and oxygen atoms in total. The number of carbonyl (C=O) groups excluding carboxylic acids is 1. The van der Waals surface area contributed by atoms with Crippen LogP contribution in [0.2, 0.25) is 0 Å². The van der Waals surface area contributed by atoms with E-state index < -0.39 is 5.82 Å². The predicted molar refractivity (Wildman–Crippen MR) is 64.0 cm³/mol. The van der Waals surface area contributed by atoms with Crippen molar-refractivity contribution in [1.82, 2.24) is 4.98 Å². The first-order valence-electron chi connectivity index (χ1n) is 5.14. The van der Waals surface area contributed by atoms with Crippen molar-refractivity contribution in [3.05, 3.63) is 71.8 Å². The molecule has 0 atom stereocenters. The zero-order valence-electron chi connectivity index (χ0n) is 9.01. The van der Waals surface area contributed by atoms with Gasteiger partial charge in [-0.1, -0.05) is 18.2 Å². The van der Waals surface area contributed by atoms with E-state index in [0.29, 0.717) is 5.56 Å². The summed E-state index contributed by atoms with van der Waals surface area (Å²) in [6.45, 7) is 0. The van der Waals surface area contributed by atoms with Gasteiger partial charge in [0.05, 0.1) is 0 Å². The third-order valence-electron chi connectivity index (χ3n) is 2.22. The molecule has 0 fully saturated rings. The molecule has 1 aromatic carbocycles. The van der Waals surface area contributed by atoms with Crippen molar-refractivity contribution < 1.29 is 9.18 Å². The highest BCUT2D eigenvalue weighted by molar-refractivity contribution is 6.06. The van der Waals surface area contributed by atoms with Gasteiger partial charge < -0.3 is 0 Å². The molecule has 0 unspecified atom stereocenters. The number of hydrogen-bond acceptors (Lipinski definition) is 2. The molecule has 0 saturated carbocycles. The Kier molecular flexibility index (Phi) is 3.40. The van der Waals surface area contributed by atoms with Gasteiger partial charge in [-0.25, -0.2) is 4.39 Å². The van der Waals surface area contributed by atoms with Gasteiger partial charge >= 0.3 is 0 Å². The first-order chi connectivity index (χ1) is 8.25. The molecule has 2 rings (SSSR count). The van der Waals surface area contributed by atoms with Gasteiger partial charge in [-0.3, -0.25) is 9.78 Å². The maximum atomic E-state index is 12.9. The Morgan fingerprint density at radius 2 is 2.12 bits per heavy atom. The molecule has 2 aromatic rings. The average Bonchev–Trinajstić information content (AvgIpc) is 2.37. The minimum absolute atomic E-state index is 0.228. The highest BCUT2D eigenvalue weighted by Gasteiger charge is 2.02. The van der Waals surface area contributed by atoms with Crippen LogP contribution in [0.15, 0.2) is 54.9 Å². The Balaban J connectivity index is 2.15. The molecule has 0 bridgehead atoms. The number of ketones is 1. The molecule has 0 saturated heterocycles. The predicted octanol–water partition coefficient (Wildman–Crippen LogP) is 3.12. The number of allylic oxidation sites excluding steroid dienone is 1. The molecule has 0 radical (unpaired) electrons. The van der Waals surface area contributed by atoms with E-state index in [9.17, 15) is 9.18 Å². The Morgan fingerprint density at radius 3 is 2.82 bits per heavy atom. The molecule has 0 aliphatic rings. The summed E-state index contributed by atoms with van der Waals surface area (Å²) < 4.78 is 12.9. The number of halogens is 1. The average molecular weight is 227 g/mol. The third-order valence-corrected chi connectivity index (χ3v) is 2.22. The van der Waals surface area contributed by atoms with Crippen LogP contribution in [0, 0.1) is 5.82 Å². The molecule has 0 N–H and O–H groups in total. The molecule has 1 aromatic heterocycles. The van der Waals surface area contributed by atoms with E-state index in [1.807, 2.05) is 6.07 Å². The van der Waals surface area contributed by atoms with Crippen molar-refractivity contribution in [2.75, 3.05) is 0 Å². The number of hydrogen-bond donors (Lipinski definition) is 0. The van der Waals surface area contributed by atoms with E-state index in [1.165, 1.54) is 24.3 Å². The van der Waals surface area contributed by atoms with Crippen molar-refractivity contribution in [2.24, 2.45) is 0 Å². The van der Waals surface area contributed by atoms with Crippen molar-refractivity contribution in [3.63, 3.8) is 0 Å². The van der Waals surface area contributed by atoms with E-state index >= 15 is 0 Å². The topological polar surface area (TPSA) is 30.0 Å². The van der Waals surface area contributed by atoms with E-state index in [0.717, 1.165) is 5.56 Å². The van der Waals surface area contributed by atoms with Gasteiger partial charge in [-0.05, 0) is 35.9 Å². The molecule has 1 heterocycles.